The molecule has 48 valence electrons. The fraction of sp³-hybridized carbons (Fsp3) is 0. The Bertz CT molecular complexity index is 291. The maximum absolute atomic E-state index is 5.12. The third-order valence-electron chi connectivity index (χ3n) is 1.36. The first-order valence-electron chi connectivity index (χ1n) is 2.89. The third-order valence-corrected chi connectivity index (χ3v) is 1.36. The monoisotopic (exact) mass is 144 g/mol. The van der Waals surface area contributed by atoms with Crippen molar-refractivity contribution in [2.45, 2.75) is 0 Å². The molecule has 1 heterocycles. The zero-order chi connectivity index (χ0) is 6.10. The SMILES string of the molecule is [H-].[H-].[Mg+2].c1ccc2occc2c1. The van der Waals surface area contributed by atoms with Crippen molar-refractivity contribution in [3.05, 3.63) is 36.6 Å². The molecule has 0 amide bonds. The van der Waals surface area contributed by atoms with Crippen LogP contribution in [0.25, 0.3) is 11.0 Å². The van der Waals surface area contributed by atoms with Crippen LogP contribution in [0.15, 0.2) is 41.0 Å². The Morgan fingerprint density at radius 1 is 1.10 bits per heavy atom. The van der Waals surface area contributed by atoms with Crippen molar-refractivity contribution in [2.75, 3.05) is 0 Å². The normalized spacial score (nSPS) is 9.20. The molecule has 0 aliphatic rings. The Morgan fingerprint density at radius 3 is 2.70 bits per heavy atom. The van der Waals surface area contributed by atoms with E-state index in [1.807, 2.05) is 30.3 Å². The molecular weight excluding hydrogens is 136 g/mol. The average Bonchev–Trinajstić information content (AvgIpc) is 2.33. The minimum absolute atomic E-state index is 0. The molecule has 0 bridgehead atoms. The van der Waals surface area contributed by atoms with Gasteiger partial charge in [-0.15, -0.1) is 0 Å². The Labute approximate surface area is 78.1 Å². The van der Waals surface area contributed by atoms with E-state index in [-0.39, 0.29) is 25.9 Å². The van der Waals surface area contributed by atoms with Gasteiger partial charge in [0.2, 0.25) is 0 Å². The van der Waals surface area contributed by atoms with E-state index in [1.165, 1.54) is 0 Å². The fourth-order valence-corrected chi connectivity index (χ4v) is 0.906. The van der Waals surface area contributed by atoms with Crippen LogP contribution in [0.3, 0.4) is 0 Å². The molecule has 0 saturated carbocycles. The molecule has 0 atom stereocenters. The second-order valence-corrected chi connectivity index (χ2v) is 1.96. The maximum Gasteiger partial charge on any atom is 2.00 e. The first kappa shape index (κ1) is 7.63. The van der Waals surface area contributed by atoms with Crippen LogP contribution in [0.1, 0.15) is 2.85 Å². The molecule has 0 aliphatic heterocycles. The Hall–Kier alpha value is -0.474. The zero-order valence-electron chi connectivity index (χ0n) is 7.58. The molecule has 0 fully saturated rings. The van der Waals surface area contributed by atoms with Crippen molar-refractivity contribution in [2.24, 2.45) is 0 Å². The minimum Gasteiger partial charge on any atom is -1.00 e. The van der Waals surface area contributed by atoms with Gasteiger partial charge in [-0.25, -0.2) is 0 Å². The van der Waals surface area contributed by atoms with Crippen LogP contribution >= 0.6 is 0 Å². The predicted molar refractivity (Wildman–Crippen MR) is 44.2 cm³/mol. The van der Waals surface area contributed by atoms with Gasteiger partial charge in [0.15, 0.2) is 0 Å². The van der Waals surface area contributed by atoms with Crippen molar-refractivity contribution in [3.63, 3.8) is 0 Å². The number of hydrogen-bond donors (Lipinski definition) is 0. The van der Waals surface area contributed by atoms with E-state index in [2.05, 4.69) is 0 Å². The number of rotatable bonds is 0. The predicted octanol–water partition coefficient (Wildman–Crippen LogP) is 2.28. The molecule has 2 aromatic rings. The van der Waals surface area contributed by atoms with Gasteiger partial charge >= 0.3 is 23.1 Å². The summed E-state index contributed by atoms with van der Waals surface area (Å²) in [5, 5.41) is 1.16. The summed E-state index contributed by atoms with van der Waals surface area (Å²) in [6, 6.07) is 9.90. The summed E-state index contributed by atoms with van der Waals surface area (Å²) in [5.74, 6) is 0. The van der Waals surface area contributed by atoms with Gasteiger partial charge in [0.05, 0.1) is 6.26 Å². The topological polar surface area (TPSA) is 13.1 Å². The van der Waals surface area contributed by atoms with Crippen molar-refractivity contribution in [1.29, 1.82) is 0 Å². The van der Waals surface area contributed by atoms with Crippen LogP contribution in [-0.4, -0.2) is 23.1 Å². The molecule has 1 aromatic carbocycles. The van der Waals surface area contributed by atoms with Gasteiger partial charge in [0.1, 0.15) is 5.58 Å². The van der Waals surface area contributed by atoms with E-state index >= 15 is 0 Å². The molecule has 1 nitrogen and oxygen atoms in total. The molecule has 0 unspecified atom stereocenters. The number of para-hydroxylation sites is 1. The van der Waals surface area contributed by atoms with E-state index in [4.69, 9.17) is 4.42 Å². The summed E-state index contributed by atoms with van der Waals surface area (Å²) in [7, 11) is 0. The largest absolute Gasteiger partial charge is 2.00 e. The van der Waals surface area contributed by atoms with Gasteiger partial charge in [-0.1, -0.05) is 18.2 Å². The summed E-state index contributed by atoms with van der Waals surface area (Å²) in [5.41, 5.74) is 0.956. The summed E-state index contributed by atoms with van der Waals surface area (Å²) in [4.78, 5) is 0. The van der Waals surface area contributed by atoms with Gasteiger partial charge in [-0.05, 0) is 12.1 Å². The molecule has 2 rings (SSSR count). The van der Waals surface area contributed by atoms with Crippen LogP contribution < -0.4 is 0 Å². The number of furan rings is 1. The average molecular weight is 144 g/mol. The number of fused-ring (bicyclic) bond motifs is 1. The summed E-state index contributed by atoms with van der Waals surface area (Å²) in [6.45, 7) is 0. The third kappa shape index (κ3) is 1.17. The summed E-state index contributed by atoms with van der Waals surface area (Å²) in [6.07, 6.45) is 1.70. The van der Waals surface area contributed by atoms with Gasteiger partial charge in [0, 0.05) is 5.39 Å². The van der Waals surface area contributed by atoms with E-state index in [1.54, 1.807) is 6.26 Å². The van der Waals surface area contributed by atoms with Crippen LogP contribution in [0.2, 0.25) is 0 Å². The number of benzene rings is 1. The zero-order valence-corrected chi connectivity index (χ0v) is 6.99. The van der Waals surface area contributed by atoms with Gasteiger partial charge in [-0.3, -0.25) is 0 Å². The molecular formula is C8H8MgO. The standard InChI is InChI=1S/C8H6O.Mg.2H/c1-2-4-8-7(3-1)5-6-9-8;;;/h1-6H;;;/q;+2;2*-1. The van der Waals surface area contributed by atoms with E-state index in [0.29, 0.717) is 0 Å². The Morgan fingerprint density at radius 2 is 1.90 bits per heavy atom. The molecule has 10 heavy (non-hydrogen) atoms. The van der Waals surface area contributed by atoms with Crippen LogP contribution in [-0.2, 0) is 0 Å². The van der Waals surface area contributed by atoms with Crippen LogP contribution in [0.4, 0.5) is 0 Å². The molecule has 0 N–H and O–H groups in total. The maximum atomic E-state index is 5.12. The first-order chi connectivity index (χ1) is 4.47. The van der Waals surface area contributed by atoms with Gasteiger partial charge < -0.3 is 7.27 Å². The summed E-state index contributed by atoms with van der Waals surface area (Å²) >= 11 is 0. The van der Waals surface area contributed by atoms with Gasteiger partial charge in [0.25, 0.3) is 0 Å². The quantitative estimate of drug-likeness (QED) is 0.517. The van der Waals surface area contributed by atoms with E-state index < -0.39 is 0 Å². The van der Waals surface area contributed by atoms with Gasteiger partial charge in [-0.2, -0.15) is 0 Å². The molecule has 0 radical (unpaired) electrons. The molecule has 2 heteroatoms. The fourth-order valence-electron chi connectivity index (χ4n) is 0.906. The molecule has 1 aromatic heterocycles. The second-order valence-electron chi connectivity index (χ2n) is 1.96. The van der Waals surface area contributed by atoms with Crippen molar-refractivity contribution in [3.8, 4) is 0 Å². The van der Waals surface area contributed by atoms with Crippen molar-refractivity contribution >= 4 is 34.0 Å². The summed E-state index contributed by atoms with van der Waals surface area (Å²) < 4.78 is 5.12. The van der Waals surface area contributed by atoms with Crippen molar-refractivity contribution < 1.29 is 7.27 Å². The Kier molecular flexibility index (Phi) is 2.35. The number of hydrogen-bond acceptors (Lipinski definition) is 1. The second kappa shape index (κ2) is 3.08. The molecule has 0 spiro atoms. The van der Waals surface area contributed by atoms with Crippen LogP contribution in [0.5, 0.6) is 0 Å². The minimum atomic E-state index is 0. The Balaban J connectivity index is 0. The van der Waals surface area contributed by atoms with Crippen LogP contribution in [0, 0.1) is 0 Å². The smallest absolute Gasteiger partial charge is 1.00 e. The molecule has 0 saturated heterocycles. The molecule has 0 aliphatic carbocycles. The first-order valence-corrected chi connectivity index (χ1v) is 2.89. The van der Waals surface area contributed by atoms with E-state index in [0.717, 1.165) is 11.0 Å². The van der Waals surface area contributed by atoms with Crippen molar-refractivity contribution in [1.82, 2.24) is 0 Å². The van der Waals surface area contributed by atoms with E-state index in [9.17, 15) is 0 Å².